The smallest absolute Gasteiger partial charge is 0.251 e. The number of carbonyl (C=O) groups is 1. The highest BCUT2D eigenvalue weighted by Gasteiger charge is 2.29. The van der Waals surface area contributed by atoms with Gasteiger partial charge in [-0.25, -0.2) is 0 Å². The predicted octanol–water partition coefficient (Wildman–Crippen LogP) is 0.847. The number of nitrogens with one attached hydrogen (secondary N) is 1. The van der Waals surface area contributed by atoms with Gasteiger partial charge in [0, 0.05) is 31.4 Å². The molecule has 0 saturated carbocycles. The first-order chi connectivity index (χ1) is 9.39. The summed E-state index contributed by atoms with van der Waals surface area (Å²) in [5, 5.41) is 2.97. The molecule has 0 radical (unpaired) electrons. The molecule has 1 saturated heterocycles. The fourth-order valence-electron chi connectivity index (χ4n) is 2.42. The first kappa shape index (κ1) is 14.8. The number of hydrogen-bond acceptors (Lipinski definition) is 3. The third kappa shape index (κ3) is 3.48. The third-order valence-electron chi connectivity index (χ3n) is 4.24. The lowest BCUT2D eigenvalue weighted by atomic mass is 9.80. The van der Waals surface area contributed by atoms with Gasteiger partial charge < -0.3 is 14.8 Å². The van der Waals surface area contributed by atoms with Crippen molar-refractivity contribution in [3.8, 4) is 0 Å². The fraction of sp³-hybridized carbons (Fsp3) is 0.600. The average molecular weight is 277 g/mol. The van der Waals surface area contributed by atoms with Gasteiger partial charge in [-0.1, -0.05) is 6.92 Å². The SMILES string of the molecule is CN1CCC(C)(CNC(=O)c2ccn(C)c(=O)c2)CC1. The van der Waals surface area contributed by atoms with E-state index in [-0.39, 0.29) is 16.9 Å². The van der Waals surface area contributed by atoms with Crippen LogP contribution in [0.25, 0.3) is 0 Å². The zero-order chi connectivity index (χ0) is 14.8. The molecule has 0 spiro atoms. The van der Waals surface area contributed by atoms with Crippen molar-refractivity contribution in [2.75, 3.05) is 26.7 Å². The van der Waals surface area contributed by atoms with Crippen molar-refractivity contribution in [3.05, 3.63) is 34.2 Å². The maximum absolute atomic E-state index is 12.1. The van der Waals surface area contributed by atoms with Crippen LogP contribution in [0.1, 0.15) is 30.1 Å². The molecule has 1 fully saturated rings. The number of hydrogen-bond donors (Lipinski definition) is 1. The summed E-state index contributed by atoms with van der Waals surface area (Å²) < 4.78 is 1.45. The molecule has 1 aromatic heterocycles. The Balaban J connectivity index is 1.95. The Morgan fingerprint density at radius 2 is 2.00 bits per heavy atom. The number of amides is 1. The van der Waals surface area contributed by atoms with E-state index in [0.29, 0.717) is 12.1 Å². The van der Waals surface area contributed by atoms with Gasteiger partial charge >= 0.3 is 0 Å². The molecule has 5 heteroatoms. The van der Waals surface area contributed by atoms with Gasteiger partial charge in [0.2, 0.25) is 0 Å². The molecule has 20 heavy (non-hydrogen) atoms. The zero-order valence-corrected chi connectivity index (χ0v) is 12.5. The van der Waals surface area contributed by atoms with Crippen LogP contribution in [-0.4, -0.2) is 42.1 Å². The molecule has 2 heterocycles. The van der Waals surface area contributed by atoms with Gasteiger partial charge in [-0.2, -0.15) is 0 Å². The van der Waals surface area contributed by atoms with E-state index in [1.807, 2.05) is 0 Å². The molecular formula is C15H23N3O2. The van der Waals surface area contributed by atoms with Gasteiger partial charge in [0.1, 0.15) is 0 Å². The lowest BCUT2D eigenvalue weighted by Gasteiger charge is -2.37. The van der Waals surface area contributed by atoms with E-state index in [1.165, 1.54) is 10.6 Å². The normalized spacial score (nSPS) is 18.8. The second-order valence-electron chi connectivity index (χ2n) is 6.16. The Kier molecular flexibility index (Phi) is 4.28. The van der Waals surface area contributed by atoms with Gasteiger partial charge in [-0.15, -0.1) is 0 Å². The highest BCUT2D eigenvalue weighted by Crippen LogP contribution is 2.29. The van der Waals surface area contributed by atoms with Gasteiger partial charge in [-0.3, -0.25) is 9.59 Å². The highest BCUT2D eigenvalue weighted by molar-refractivity contribution is 5.93. The van der Waals surface area contributed by atoms with Gasteiger partial charge in [0.15, 0.2) is 0 Å². The summed E-state index contributed by atoms with van der Waals surface area (Å²) in [7, 11) is 3.79. The molecule has 0 unspecified atom stereocenters. The molecular weight excluding hydrogens is 254 g/mol. The molecule has 1 aliphatic rings. The number of likely N-dealkylation sites (tertiary alicyclic amines) is 1. The fourth-order valence-corrected chi connectivity index (χ4v) is 2.42. The number of piperidine rings is 1. The molecule has 1 aromatic rings. The van der Waals surface area contributed by atoms with Crippen LogP contribution < -0.4 is 10.9 Å². The van der Waals surface area contributed by atoms with Crippen molar-refractivity contribution in [1.82, 2.24) is 14.8 Å². The molecule has 2 rings (SSSR count). The summed E-state index contributed by atoms with van der Waals surface area (Å²) in [6.45, 7) is 5.01. The van der Waals surface area contributed by atoms with E-state index in [2.05, 4.69) is 24.2 Å². The number of aryl methyl sites for hydroxylation is 1. The minimum absolute atomic E-state index is 0.155. The third-order valence-corrected chi connectivity index (χ3v) is 4.24. The van der Waals surface area contributed by atoms with Crippen LogP contribution in [0.4, 0.5) is 0 Å². The maximum atomic E-state index is 12.1. The standard InChI is InChI=1S/C15H23N3O2/c1-15(5-8-17(2)9-6-15)11-16-14(20)12-4-7-18(3)13(19)10-12/h4,7,10H,5-6,8-9,11H2,1-3H3,(H,16,20). The van der Waals surface area contributed by atoms with Gasteiger partial charge in [0.25, 0.3) is 11.5 Å². The Morgan fingerprint density at radius 1 is 1.35 bits per heavy atom. The van der Waals surface area contributed by atoms with Crippen LogP contribution in [0, 0.1) is 5.41 Å². The van der Waals surface area contributed by atoms with Crippen LogP contribution in [0.2, 0.25) is 0 Å². The summed E-state index contributed by atoms with van der Waals surface area (Å²) in [5.74, 6) is -0.164. The highest BCUT2D eigenvalue weighted by atomic mass is 16.2. The Labute approximate surface area is 119 Å². The maximum Gasteiger partial charge on any atom is 0.251 e. The van der Waals surface area contributed by atoms with Gasteiger partial charge in [0.05, 0.1) is 0 Å². The molecule has 0 aliphatic carbocycles. The Morgan fingerprint density at radius 3 is 2.60 bits per heavy atom. The monoisotopic (exact) mass is 277 g/mol. The van der Waals surface area contributed by atoms with Crippen LogP contribution in [0.15, 0.2) is 23.1 Å². The Hall–Kier alpha value is -1.62. The summed E-state index contributed by atoms with van der Waals surface area (Å²) in [6.07, 6.45) is 3.79. The quantitative estimate of drug-likeness (QED) is 0.891. The molecule has 0 aromatic carbocycles. The van der Waals surface area contributed by atoms with Crippen LogP contribution >= 0.6 is 0 Å². The zero-order valence-electron chi connectivity index (χ0n) is 12.5. The number of nitrogens with zero attached hydrogens (tertiary/aromatic N) is 2. The van der Waals surface area contributed by atoms with E-state index in [0.717, 1.165) is 25.9 Å². The molecule has 1 aliphatic heterocycles. The number of carbonyl (C=O) groups excluding carboxylic acids is 1. The number of aromatic nitrogens is 1. The molecule has 0 bridgehead atoms. The van der Waals surface area contributed by atoms with Crippen molar-refractivity contribution >= 4 is 5.91 Å². The number of rotatable bonds is 3. The van der Waals surface area contributed by atoms with E-state index < -0.39 is 0 Å². The summed E-state index contributed by atoms with van der Waals surface area (Å²) in [5.41, 5.74) is 0.426. The van der Waals surface area contributed by atoms with Crippen molar-refractivity contribution in [3.63, 3.8) is 0 Å². The molecule has 1 amide bonds. The van der Waals surface area contributed by atoms with E-state index in [9.17, 15) is 9.59 Å². The second-order valence-corrected chi connectivity index (χ2v) is 6.16. The van der Waals surface area contributed by atoms with Crippen molar-refractivity contribution in [2.45, 2.75) is 19.8 Å². The van der Waals surface area contributed by atoms with Crippen LogP contribution in [-0.2, 0) is 7.05 Å². The van der Waals surface area contributed by atoms with Crippen molar-refractivity contribution in [2.24, 2.45) is 12.5 Å². The average Bonchev–Trinajstić information content (AvgIpc) is 2.43. The largest absolute Gasteiger partial charge is 0.351 e. The van der Waals surface area contributed by atoms with Crippen LogP contribution in [0.3, 0.4) is 0 Å². The topological polar surface area (TPSA) is 54.3 Å². The first-order valence-electron chi connectivity index (χ1n) is 7.03. The molecule has 0 atom stereocenters. The minimum Gasteiger partial charge on any atom is -0.351 e. The minimum atomic E-state index is -0.164. The summed E-state index contributed by atoms with van der Waals surface area (Å²) in [6, 6.07) is 3.06. The van der Waals surface area contributed by atoms with E-state index in [4.69, 9.17) is 0 Å². The molecule has 5 nitrogen and oxygen atoms in total. The Bertz CT molecular complexity index is 542. The lowest BCUT2D eigenvalue weighted by molar-refractivity contribution is 0.0891. The molecule has 110 valence electrons. The second kappa shape index (κ2) is 5.79. The van der Waals surface area contributed by atoms with Gasteiger partial charge in [-0.05, 0) is 44.5 Å². The summed E-state index contributed by atoms with van der Waals surface area (Å²) in [4.78, 5) is 25.9. The first-order valence-corrected chi connectivity index (χ1v) is 7.03. The summed E-state index contributed by atoms with van der Waals surface area (Å²) >= 11 is 0. The van der Waals surface area contributed by atoms with Crippen molar-refractivity contribution in [1.29, 1.82) is 0 Å². The lowest BCUT2D eigenvalue weighted by Crippen LogP contribution is -2.43. The molecule has 1 N–H and O–H groups in total. The van der Waals surface area contributed by atoms with Crippen LogP contribution in [0.5, 0.6) is 0 Å². The predicted molar refractivity (Wildman–Crippen MR) is 78.9 cm³/mol. The van der Waals surface area contributed by atoms with E-state index >= 15 is 0 Å². The van der Waals surface area contributed by atoms with Crippen molar-refractivity contribution < 1.29 is 4.79 Å². The van der Waals surface area contributed by atoms with E-state index in [1.54, 1.807) is 19.3 Å². The number of pyridine rings is 1.